The second kappa shape index (κ2) is 8.90. The lowest BCUT2D eigenvalue weighted by Crippen LogP contribution is -2.29. The summed E-state index contributed by atoms with van der Waals surface area (Å²) >= 11 is 6.70. The van der Waals surface area contributed by atoms with Crippen molar-refractivity contribution < 1.29 is 19.2 Å². The lowest BCUT2D eigenvalue weighted by atomic mass is 10.0. The molecular formula is C29H16Br2N2O4. The Labute approximate surface area is 228 Å². The fourth-order valence-corrected chi connectivity index (χ4v) is 5.38. The Bertz CT molecular complexity index is 1520. The number of fused-ring (bicyclic) bond motifs is 2. The first kappa shape index (κ1) is 23.5. The summed E-state index contributed by atoms with van der Waals surface area (Å²) in [5.41, 5.74) is 4.55. The number of rotatable bonds is 4. The van der Waals surface area contributed by atoms with Crippen LogP contribution >= 0.6 is 31.9 Å². The third kappa shape index (κ3) is 3.93. The maximum absolute atomic E-state index is 12.8. The van der Waals surface area contributed by atoms with E-state index in [-0.39, 0.29) is 23.6 Å². The van der Waals surface area contributed by atoms with E-state index in [0.717, 1.165) is 20.1 Å². The number of carbonyl (C=O) groups excluding carboxylic acids is 4. The molecule has 180 valence electrons. The average Bonchev–Trinajstić information content (AvgIpc) is 3.28. The number of halogens is 2. The van der Waals surface area contributed by atoms with Crippen molar-refractivity contribution in [2.45, 2.75) is 6.42 Å². The van der Waals surface area contributed by atoms with Crippen molar-refractivity contribution >= 4 is 66.9 Å². The molecule has 37 heavy (non-hydrogen) atoms. The highest BCUT2D eigenvalue weighted by molar-refractivity contribution is 9.10. The van der Waals surface area contributed by atoms with Gasteiger partial charge < -0.3 is 0 Å². The van der Waals surface area contributed by atoms with Gasteiger partial charge in [0.1, 0.15) is 0 Å². The van der Waals surface area contributed by atoms with Gasteiger partial charge in [-0.2, -0.15) is 0 Å². The van der Waals surface area contributed by atoms with E-state index in [9.17, 15) is 19.2 Å². The monoisotopic (exact) mass is 614 g/mol. The van der Waals surface area contributed by atoms with Gasteiger partial charge in [0.15, 0.2) is 0 Å². The van der Waals surface area contributed by atoms with Crippen molar-refractivity contribution in [1.82, 2.24) is 0 Å². The van der Waals surface area contributed by atoms with Crippen LogP contribution in [0.2, 0.25) is 0 Å². The van der Waals surface area contributed by atoms with Crippen molar-refractivity contribution in [3.63, 3.8) is 0 Å². The molecule has 8 heteroatoms. The van der Waals surface area contributed by atoms with Gasteiger partial charge in [0, 0.05) is 8.95 Å². The molecule has 0 radical (unpaired) electrons. The Morgan fingerprint density at radius 3 is 1.19 bits per heavy atom. The maximum Gasteiger partial charge on any atom is 0.266 e. The van der Waals surface area contributed by atoms with Gasteiger partial charge in [-0.3, -0.25) is 19.2 Å². The van der Waals surface area contributed by atoms with Gasteiger partial charge in [-0.15, -0.1) is 0 Å². The number of amides is 4. The van der Waals surface area contributed by atoms with Gasteiger partial charge in [0.05, 0.1) is 33.6 Å². The molecule has 2 aliphatic rings. The van der Waals surface area contributed by atoms with Crippen LogP contribution in [0.4, 0.5) is 11.4 Å². The van der Waals surface area contributed by atoms with E-state index in [1.54, 1.807) is 60.7 Å². The minimum absolute atomic E-state index is 0.337. The fourth-order valence-electron chi connectivity index (χ4n) is 4.66. The Morgan fingerprint density at radius 2 is 0.811 bits per heavy atom. The molecule has 2 aliphatic heterocycles. The van der Waals surface area contributed by atoms with Crippen LogP contribution in [-0.2, 0) is 6.42 Å². The summed E-state index contributed by atoms with van der Waals surface area (Å²) in [6, 6.07) is 24.7. The molecule has 6 rings (SSSR count). The quantitative estimate of drug-likeness (QED) is 0.249. The average molecular weight is 616 g/mol. The van der Waals surface area contributed by atoms with E-state index < -0.39 is 0 Å². The van der Waals surface area contributed by atoms with Crippen LogP contribution in [0, 0.1) is 0 Å². The zero-order valence-electron chi connectivity index (χ0n) is 19.1. The molecule has 0 spiro atoms. The third-order valence-electron chi connectivity index (χ3n) is 6.49. The van der Waals surface area contributed by atoms with Crippen LogP contribution in [0.1, 0.15) is 52.6 Å². The number of imide groups is 2. The van der Waals surface area contributed by atoms with Gasteiger partial charge in [0.2, 0.25) is 0 Å². The smallest absolute Gasteiger partial charge is 0.266 e. The third-order valence-corrected chi connectivity index (χ3v) is 7.48. The number of nitrogens with zero attached hydrogens (tertiary/aromatic N) is 2. The van der Waals surface area contributed by atoms with Crippen molar-refractivity contribution in [2.24, 2.45) is 0 Å². The second-order valence-electron chi connectivity index (χ2n) is 8.78. The first-order chi connectivity index (χ1) is 17.8. The molecule has 4 aromatic carbocycles. The largest absolute Gasteiger partial charge is 0.268 e. The number of hydrogen-bond acceptors (Lipinski definition) is 4. The van der Waals surface area contributed by atoms with E-state index in [2.05, 4.69) is 31.9 Å². The van der Waals surface area contributed by atoms with E-state index >= 15 is 0 Å². The normalized spacial score (nSPS) is 14.4. The van der Waals surface area contributed by atoms with Gasteiger partial charge >= 0.3 is 0 Å². The minimum atomic E-state index is -0.342. The summed E-state index contributed by atoms with van der Waals surface area (Å²) < 4.78 is 1.48. The highest BCUT2D eigenvalue weighted by Crippen LogP contribution is 2.32. The van der Waals surface area contributed by atoms with E-state index in [0.29, 0.717) is 40.0 Å². The molecule has 0 fully saturated rings. The summed E-state index contributed by atoms with van der Waals surface area (Å²) in [7, 11) is 0. The van der Waals surface area contributed by atoms with E-state index in [1.165, 1.54) is 9.80 Å². The summed E-state index contributed by atoms with van der Waals surface area (Å²) in [5, 5.41) is 0. The summed E-state index contributed by atoms with van der Waals surface area (Å²) in [4.78, 5) is 53.7. The molecule has 0 saturated carbocycles. The molecule has 6 nitrogen and oxygen atoms in total. The molecular weight excluding hydrogens is 600 g/mol. The molecule has 0 atom stereocenters. The van der Waals surface area contributed by atoms with Crippen molar-refractivity contribution in [3.05, 3.63) is 127 Å². The molecule has 0 N–H and O–H groups in total. The Morgan fingerprint density at radius 1 is 0.459 bits per heavy atom. The number of carbonyl (C=O) groups is 4. The summed E-state index contributed by atoms with van der Waals surface area (Å²) in [6.45, 7) is 0. The zero-order valence-corrected chi connectivity index (χ0v) is 22.2. The molecule has 0 unspecified atom stereocenters. The number of hydrogen-bond donors (Lipinski definition) is 0. The van der Waals surface area contributed by atoms with Crippen LogP contribution in [-0.4, -0.2) is 23.6 Å². The van der Waals surface area contributed by atoms with Gasteiger partial charge in [-0.1, -0.05) is 56.1 Å². The van der Waals surface area contributed by atoms with Crippen LogP contribution in [0.5, 0.6) is 0 Å². The molecule has 2 heterocycles. The Balaban J connectivity index is 1.18. The molecule has 0 bridgehead atoms. The maximum atomic E-state index is 12.8. The summed E-state index contributed by atoms with van der Waals surface area (Å²) in [5.74, 6) is -1.36. The molecule has 0 saturated heterocycles. The summed E-state index contributed by atoms with van der Waals surface area (Å²) in [6.07, 6.45) is 0.602. The van der Waals surface area contributed by atoms with E-state index in [4.69, 9.17) is 0 Å². The van der Waals surface area contributed by atoms with Gasteiger partial charge in [-0.25, -0.2) is 9.80 Å². The Hall–Kier alpha value is -3.88. The molecule has 0 aromatic heterocycles. The van der Waals surface area contributed by atoms with Crippen molar-refractivity contribution in [3.8, 4) is 0 Å². The van der Waals surface area contributed by atoms with Gasteiger partial charge in [0.25, 0.3) is 23.6 Å². The van der Waals surface area contributed by atoms with Gasteiger partial charge in [-0.05, 0) is 78.2 Å². The predicted molar refractivity (Wildman–Crippen MR) is 146 cm³/mol. The fraction of sp³-hybridized carbons (Fsp3) is 0.0345. The Kier molecular flexibility index (Phi) is 5.66. The first-order valence-electron chi connectivity index (χ1n) is 11.4. The highest BCUT2D eigenvalue weighted by Gasteiger charge is 2.37. The van der Waals surface area contributed by atoms with Crippen LogP contribution < -0.4 is 9.80 Å². The topological polar surface area (TPSA) is 74.8 Å². The highest BCUT2D eigenvalue weighted by atomic mass is 79.9. The number of anilines is 2. The molecule has 0 aliphatic carbocycles. The van der Waals surface area contributed by atoms with Crippen molar-refractivity contribution in [1.29, 1.82) is 0 Å². The van der Waals surface area contributed by atoms with Crippen LogP contribution in [0.3, 0.4) is 0 Å². The zero-order chi connectivity index (χ0) is 25.8. The second-order valence-corrected chi connectivity index (χ2v) is 10.6. The first-order valence-corrected chi connectivity index (χ1v) is 12.9. The minimum Gasteiger partial charge on any atom is -0.268 e. The standard InChI is InChI=1S/C29H16Br2N2O4/c30-18-5-11-22-24(14-18)28(36)32(26(22)34)20-7-1-16(2-8-20)13-17-3-9-21(10-4-17)33-27(35)23-12-6-19(31)15-25(23)29(33)37/h1-12,14-15H,13H2. The van der Waals surface area contributed by atoms with Crippen LogP contribution in [0.15, 0.2) is 93.9 Å². The lowest BCUT2D eigenvalue weighted by molar-refractivity contribution is 0.0910. The molecule has 4 aromatic rings. The predicted octanol–water partition coefficient (Wildman–Crippen LogP) is 6.40. The van der Waals surface area contributed by atoms with Crippen LogP contribution in [0.25, 0.3) is 0 Å². The SMILES string of the molecule is O=C1c2ccc(Br)cc2C(=O)N1c1ccc(Cc2ccc(N3C(=O)c4ccc(Br)cc4C3=O)cc2)cc1. The van der Waals surface area contributed by atoms with E-state index in [1.807, 2.05) is 24.3 Å². The lowest BCUT2D eigenvalue weighted by Gasteiger charge is -2.15. The molecule has 4 amide bonds. The number of benzene rings is 4. The van der Waals surface area contributed by atoms with Crippen molar-refractivity contribution in [2.75, 3.05) is 9.80 Å².